The Kier molecular flexibility index (Phi) is 5.76. The molecule has 0 fully saturated rings. The van der Waals surface area contributed by atoms with E-state index in [-0.39, 0.29) is 5.75 Å². The van der Waals surface area contributed by atoms with E-state index < -0.39 is 10.0 Å². The van der Waals surface area contributed by atoms with Gasteiger partial charge in [0.2, 0.25) is 10.0 Å². The highest BCUT2D eigenvalue weighted by atomic mass is 32.2. The second-order valence-electron chi connectivity index (χ2n) is 6.46. The van der Waals surface area contributed by atoms with Crippen molar-refractivity contribution in [3.05, 3.63) is 83.6 Å². The number of aromatic nitrogens is 1. The van der Waals surface area contributed by atoms with Crippen molar-refractivity contribution in [3.63, 3.8) is 0 Å². The largest absolute Gasteiger partial charge is 0.354 e. The third-order valence-electron chi connectivity index (χ3n) is 4.41. The molecule has 0 bridgehead atoms. The van der Waals surface area contributed by atoms with Crippen LogP contribution in [0.3, 0.4) is 0 Å². The molecule has 0 spiro atoms. The molecule has 1 heterocycles. The molecule has 2 aromatic carbocycles. The second kappa shape index (κ2) is 8.22. The molecule has 2 N–H and O–H groups in total. The fourth-order valence-electron chi connectivity index (χ4n) is 2.68. The highest BCUT2D eigenvalue weighted by molar-refractivity contribution is 7.92. The van der Waals surface area contributed by atoms with Gasteiger partial charge in [-0.15, -0.1) is 0 Å². The van der Waals surface area contributed by atoms with Crippen LogP contribution in [0, 0.1) is 13.8 Å². The predicted octanol–water partition coefficient (Wildman–Crippen LogP) is 4.43. The van der Waals surface area contributed by atoms with Crippen molar-refractivity contribution in [3.8, 4) is 0 Å². The number of hydrogen-bond donors (Lipinski definition) is 2. The zero-order valence-corrected chi connectivity index (χ0v) is 16.3. The van der Waals surface area contributed by atoms with Gasteiger partial charge in [0.15, 0.2) is 0 Å². The van der Waals surface area contributed by atoms with Crippen molar-refractivity contribution in [1.82, 2.24) is 4.98 Å². The SMILES string of the molecule is Cc1cccc(Nc2ccc(NS(=O)(=O)CCc3ccccc3)nc2)c1C. The molecular formula is C21H23N3O2S. The zero-order chi connectivity index (χ0) is 19.3. The summed E-state index contributed by atoms with van der Waals surface area (Å²) in [6.07, 6.45) is 2.08. The number of nitrogens with one attached hydrogen (secondary N) is 2. The fourth-order valence-corrected chi connectivity index (χ4v) is 3.72. The highest BCUT2D eigenvalue weighted by Crippen LogP contribution is 2.23. The van der Waals surface area contributed by atoms with Gasteiger partial charge in [0, 0.05) is 5.69 Å². The lowest BCUT2D eigenvalue weighted by Gasteiger charge is -2.12. The lowest BCUT2D eigenvalue weighted by molar-refractivity contribution is 0.600. The number of anilines is 3. The van der Waals surface area contributed by atoms with Gasteiger partial charge in [-0.05, 0) is 55.2 Å². The molecule has 6 heteroatoms. The molecule has 140 valence electrons. The summed E-state index contributed by atoms with van der Waals surface area (Å²) >= 11 is 0. The molecule has 1 aromatic heterocycles. The number of rotatable bonds is 7. The average Bonchev–Trinajstić information content (AvgIpc) is 2.66. The van der Waals surface area contributed by atoms with Crippen LogP contribution in [0.15, 0.2) is 66.9 Å². The first-order chi connectivity index (χ1) is 12.9. The second-order valence-corrected chi connectivity index (χ2v) is 8.30. The molecule has 0 saturated carbocycles. The Morgan fingerprint density at radius 3 is 2.41 bits per heavy atom. The highest BCUT2D eigenvalue weighted by Gasteiger charge is 2.11. The fraction of sp³-hybridized carbons (Fsp3) is 0.190. The maximum absolute atomic E-state index is 12.3. The first kappa shape index (κ1) is 18.9. The molecule has 0 aliphatic carbocycles. The minimum absolute atomic E-state index is 0.0151. The van der Waals surface area contributed by atoms with E-state index in [0.717, 1.165) is 16.9 Å². The molecule has 0 atom stereocenters. The zero-order valence-electron chi connectivity index (χ0n) is 15.4. The molecule has 3 aromatic rings. The first-order valence-corrected chi connectivity index (χ1v) is 10.4. The average molecular weight is 382 g/mol. The number of aryl methyl sites for hydroxylation is 2. The monoisotopic (exact) mass is 381 g/mol. The summed E-state index contributed by atoms with van der Waals surface area (Å²) in [5, 5.41) is 3.31. The van der Waals surface area contributed by atoms with E-state index in [9.17, 15) is 8.42 Å². The molecule has 0 aliphatic rings. The van der Waals surface area contributed by atoms with Gasteiger partial charge in [-0.25, -0.2) is 13.4 Å². The number of benzene rings is 2. The van der Waals surface area contributed by atoms with E-state index in [2.05, 4.69) is 34.9 Å². The normalized spacial score (nSPS) is 11.2. The van der Waals surface area contributed by atoms with Gasteiger partial charge in [0.25, 0.3) is 0 Å². The van der Waals surface area contributed by atoms with Crippen LogP contribution in [-0.2, 0) is 16.4 Å². The van der Waals surface area contributed by atoms with Crippen molar-refractivity contribution < 1.29 is 8.42 Å². The van der Waals surface area contributed by atoms with Gasteiger partial charge in [-0.2, -0.15) is 0 Å². The smallest absolute Gasteiger partial charge is 0.234 e. The molecule has 0 radical (unpaired) electrons. The van der Waals surface area contributed by atoms with Crippen LogP contribution in [-0.4, -0.2) is 19.2 Å². The van der Waals surface area contributed by atoms with Gasteiger partial charge >= 0.3 is 0 Å². The van der Waals surface area contributed by atoms with Gasteiger partial charge in [0.1, 0.15) is 5.82 Å². The lowest BCUT2D eigenvalue weighted by Crippen LogP contribution is -2.18. The Morgan fingerprint density at radius 2 is 1.70 bits per heavy atom. The van der Waals surface area contributed by atoms with Crippen LogP contribution < -0.4 is 10.0 Å². The summed E-state index contributed by atoms with van der Waals surface area (Å²) in [5.41, 5.74) is 5.17. The van der Waals surface area contributed by atoms with Gasteiger partial charge < -0.3 is 5.32 Å². The molecule has 0 aliphatic heterocycles. The van der Waals surface area contributed by atoms with Gasteiger partial charge in [0.05, 0.1) is 17.6 Å². The maximum atomic E-state index is 12.3. The van der Waals surface area contributed by atoms with E-state index in [1.165, 1.54) is 11.1 Å². The molecular weight excluding hydrogens is 358 g/mol. The van der Waals surface area contributed by atoms with Crippen LogP contribution in [0.25, 0.3) is 0 Å². The predicted molar refractivity (Wildman–Crippen MR) is 111 cm³/mol. The first-order valence-electron chi connectivity index (χ1n) is 8.77. The van der Waals surface area contributed by atoms with Crippen molar-refractivity contribution in [1.29, 1.82) is 0 Å². The summed E-state index contributed by atoms with van der Waals surface area (Å²) in [5.74, 6) is 0.329. The standard InChI is InChI=1S/C21H23N3O2S/c1-16-7-6-10-20(17(16)2)23-19-11-12-21(22-15-19)24-27(25,26)14-13-18-8-4-3-5-9-18/h3-12,15,23H,13-14H2,1-2H3,(H,22,24). The molecule has 5 nitrogen and oxygen atoms in total. The van der Waals surface area contributed by atoms with Crippen LogP contribution >= 0.6 is 0 Å². The van der Waals surface area contributed by atoms with Gasteiger partial charge in [-0.1, -0.05) is 42.5 Å². The van der Waals surface area contributed by atoms with Crippen molar-refractivity contribution >= 4 is 27.2 Å². The molecule has 0 amide bonds. The number of pyridine rings is 1. The number of nitrogens with zero attached hydrogens (tertiary/aromatic N) is 1. The topological polar surface area (TPSA) is 71.1 Å². The molecule has 3 rings (SSSR count). The Morgan fingerprint density at radius 1 is 0.926 bits per heavy atom. The van der Waals surface area contributed by atoms with E-state index in [4.69, 9.17) is 0 Å². The lowest BCUT2D eigenvalue weighted by atomic mass is 10.1. The van der Waals surface area contributed by atoms with Crippen molar-refractivity contribution in [2.24, 2.45) is 0 Å². The number of hydrogen-bond acceptors (Lipinski definition) is 4. The summed E-state index contributed by atoms with van der Waals surface area (Å²) in [4.78, 5) is 4.21. The number of sulfonamides is 1. The Balaban J connectivity index is 1.62. The Labute approximate surface area is 160 Å². The third-order valence-corrected chi connectivity index (χ3v) is 5.67. The molecule has 0 unspecified atom stereocenters. The van der Waals surface area contributed by atoms with Crippen LogP contribution in [0.2, 0.25) is 0 Å². The maximum Gasteiger partial charge on any atom is 0.234 e. The summed E-state index contributed by atoms with van der Waals surface area (Å²) in [6, 6.07) is 19.1. The molecule has 27 heavy (non-hydrogen) atoms. The minimum atomic E-state index is -3.45. The Bertz CT molecular complexity index is 1000. The third kappa shape index (κ3) is 5.31. The quantitative estimate of drug-likeness (QED) is 0.635. The summed E-state index contributed by atoms with van der Waals surface area (Å²) in [6.45, 7) is 4.12. The van der Waals surface area contributed by atoms with E-state index in [0.29, 0.717) is 12.2 Å². The van der Waals surface area contributed by atoms with E-state index in [1.807, 2.05) is 48.5 Å². The Hall–Kier alpha value is -2.86. The van der Waals surface area contributed by atoms with E-state index >= 15 is 0 Å². The minimum Gasteiger partial charge on any atom is -0.354 e. The summed E-state index contributed by atoms with van der Waals surface area (Å²) < 4.78 is 27.1. The van der Waals surface area contributed by atoms with Crippen LogP contribution in [0.1, 0.15) is 16.7 Å². The van der Waals surface area contributed by atoms with Crippen LogP contribution in [0.5, 0.6) is 0 Å². The van der Waals surface area contributed by atoms with Crippen molar-refractivity contribution in [2.75, 3.05) is 15.8 Å². The molecule has 0 saturated heterocycles. The van der Waals surface area contributed by atoms with Crippen molar-refractivity contribution in [2.45, 2.75) is 20.3 Å². The summed E-state index contributed by atoms with van der Waals surface area (Å²) in [7, 11) is -3.45. The van der Waals surface area contributed by atoms with Crippen LogP contribution in [0.4, 0.5) is 17.2 Å². The van der Waals surface area contributed by atoms with Gasteiger partial charge in [-0.3, -0.25) is 4.72 Å². The van der Waals surface area contributed by atoms with E-state index in [1.54, 1.807) is 12.3 Å².